The van der Waals surface area contributed by atoms with Crippen LogP contribution in [0.2, 0.25) is 0 Å². The molecule has 1 saturated heterocycles. The number of carbonyl (C=O) groups excluding carboxylic acids is 1. The number of aromatic nitrogens is 1. The van der Waals surface area contributed by atoms with Crippen molar-refractivity contribution in [2.45, 2.75) is 25.8 Å². The number of likely N-dealkylation sites (tertiary alicyclic amines) is 1. The molecule has 1 atom stereocenters. The Balaban J connectivity index is 1.42. The molecule has 5 heteroatoms. The number of rotatable bonds is 4. The maximum atomic E-state index is 12.3. The van der Waals surface area contributed by atoms with Crippen LogP contribution in [0, 0.1) is 0 Å². The Hall–Kier alpha value is -2.53. The zero-order valence-corrected chi connectivity index (χ0v) is 15.0. The van der Waals surface area contributed by atoms with Crippen LogP contribution >= 0.6 is 11.3 Å². The van der Waals surface area contributed by atoms with Crippen LogP contribution in [0.15, 0.2) is 48.0 Å². The van der Waals surface area contributed by atoms with E-state index in [1.807, 2.05) is 17.2 Å². The van der Waals surface area contributed by atoms with Gasteiger partial charge in [0.2, 0.25) is 5.91 Å². The minimum atomic E-state index is 0.116. The molecule has 0 saturated carbocycles. The number of hydrogen-bond donors (Lipinski definition) is 2. The van der Waals surface area contributed by atoms with Gasteiger partial charge >= 0.3 is 0 Å². The number of amides is 1. The van der Waals surface area contributed by atoms with Gasteiger partial charge in [0.15, 0.2) is 0 Å². The van der Waals surface area contributed by atoms with Gasteiger partial charge in [-0.25, -0.2) is 0 Å². The second-order valence-corrected chi connectivity index (χ2v) is 7.44. The highest BCUT2D eigenvalue weighted by atomic mass is 32.1. The topological polar surface area (TPSA) is 48.1 Å². The summed E-state index contributed by atoms with van der Waals surface area (Å²) in [5.74, 6) is 0.116. The molecular formula is C20H21N3OS. The van der Waals surface area contributed by atoms with Crippen LogP contribution in [0.1, 0.15) is 24.6 Å². The molecule has 1 fully saturated rings. The van der Waals surface area contributed by atoms with Crippen LogP contribution in [-0.4, -0.2) is 28.4 Å². The van der Waals surface area contributed by atoms with E-state index in [1.165, 1.54) is 5.39 Å². The van der Waals surface area contributed by atoms with E-state index in [-0.39, 0.29) is 5.91 Å². The molecule has 1 unspecified atom stereocenters. The SMILES string of the molecule is CC1CCCN1C(=O)/C=C/c1cc(Nc2ccc3[nH]ccc3c2)cs1. The van der Waals surface area contributed by atoms with E-state index in [4.69, 9.17) is 0 Å². The van der Waals surface area contributed by atoms with Gasteiger partial charge in [0.25, 0.3) is 0 Å². The lowest BCUT2D eigenvalue weighted by Gasteiger charge is -2.19. The van der Waals surface area contributed by atoms with E-state index < -0.39 is 0 Å². The molecule has 4 nitrogen and oxygen atoms in total. The van der Waals surface area contributed by atoms with E-state index in [9.17, 15) is 4.79 Å². The van der Waals surface area contributed by atoms with Crippen molar-refractivity contribution in [3.8, 4) is 0 Å². The second-order valence-electron chi connectivity index (χ2n) is 6.50. The largest absolute Gasteiger partial charge is 0.361 e. The molecule has 1 aromatic carbocycles. The quantitative estimate of drug-likeness (QED) is 0.650. The number of fused-ring (bicyclic) bond motifs is 1. The Labute approximate surface area is 151 Å². The van der Waals surface area contributed by atoms with Gasteiger partial charge in [0.05, 0.1) is 0 Å². The third-order valence-electron chi connectivity index (χ3n) is 4.69. The standard InChI is InChI=1S/C20H21N3OS/c1-14-3-2-10-23(14)20(24)7-5-18-12-17(13-25-18)22-16-4-6-19-15(11-16)8-9-21-19/h4-9,11-14,21-22H,2-3,10H2,1H3/b7-5+. The molecule has 128 valence electrons. The monoisotopic (exact) mass is 351 g/mol. The van der Waals surface area contributed by atoms with Gasteiger partial charge in [-0.3, -0.25) is 4.79 Å². The Bertz CT molecular complexity index is 924. The van der Waals surface area contributed by atoms with Crippen LogP contribution in [0.4, 0.5) is 11.4 Å². The molecule has 0 radical (unpaired) electrons. The first-order valence-corrected chi connectivity index (χ1v) is 9.48. The fraction of sp³-hybridized carbons (Fsp3) is 0.250. The summed E-state index contributed by atoms with van der Waals surface area (Å²) in [6.07, 6.45) is 7.78. The maximum absolute atomic E-state index is 12.3. The van der Waals surface area contributed by atoms with Crippen LogP contribution < -0.4 is 5.32 Å². The summed E-state index contributed by atoms with van der Waals surface area (Å²) in [6.45, 7) is 3.00. The zero-order valence-electron chi connectivity index (χ0n) is 14.2. The number of benzene rings is 1. The molecule has 4 rings (SSSR count). The second kappa shape index (κ2) is 6.76. The number of nitrogens with one attached hydrogen (secondary N) is 2. The zero-order chi connectivity index (χ0) is 17.2. The van der Waals surface area contributed by atoms with Gasteiger partial charge in [-0.2, -0.15) is 0 Å². The van der Waals surface area contributed by atoms with Crippen molar-refractivity contribution < 1.29 is 4.79 Å². The smallest absolute Gasteiger partial charge is 0.246 e. The van der Waals surface area contributed by atoms with Gasteiger partial charge in [0.1, 0.15) is 0 Å². The average Bonchev–Trinajstić information content (AvgIpc) is 3.33. The molecular weight excluding hydrogens is 330 g/mol. The van der Waals surface area contributed by atoms with E-state index in [1.54, 1.807) is 17.4 Å². The summed E-state index contributed by atoms with van der Waals surface area (Å²) in [7, 11) is 0. The average molecular weight is 351 g/mol. The number of hydrogen-bond acceptors (Lipinski definition) is 3. The first kappa shape index (κ1) is 16.0. The third kappa shape index (κ3) is 3.46. The number of thiophene rings is 1. The number of aromatic amines is 1. The highest BCUT2D eigenvalue weighted by Gasteiger charge is 2.23. The lowest BCUT2D eigenvalue weighted by Crippen LogP contribution is -2.32. The molecule has 1 aliphatic rings. The molecule has 0 aliphatic carbocycles. The normalized spacial score (nSPS) is 17.6. The molecule has 2 N–H and O–H groups in total. The number of H-pyrrole nitrogens is 1. The summed E-state index contributed by atoms with van der Waals surface area (Å²) in [6, 6.07) is 10.7. The molecule has 1 aliphatic heterocycles. The molecule has 3 heterocycles. The number of nitrogens with zero attached hydrogens (tertiary/aromatic N) is 1. The van der Waals surface area contributed by atoms with Crippen molar-refractivity contribution in [2.75, 3.05) is 11.9 Å². The fourth-order valence-corrected chi connectivity index (χ4v) is 4.04. The summed E-state index contributed by atoms with van der Waals surface area (Å²) in [5.41, 5.74) is 3.23. The van der Waals surface area contributed by atoms with Gasteiger partial charge < -0.3 is 15.2 Å². The van der Waals surface area contributed by atoms with Crippen LogP contribution in [-0.2, 0) is 4.79 Å². The summed E-state index contributed by atoms with van der Waals surface area (Å²) >= 11 is 1.63. The number of anilines is 2. The molecule has 2 aromatic heterocycles. The Morgan fingerprint density at radius 2 is 2.24 bits per heavy atom. The molecule has 0 spiro atoms. The van der Waals surface area contributed by atoms with Gasteiger partial charge in [-0.05, 0) is 56.2 Å². The van der Waals surface area contributed by atoms with Crippen molar-refractivity contribution >= 4 is 45.6 Å². The minimum Gasteiger partial charge on any atom is -0.361 e. The lowest BCUT2D eigenvalue weighted by molar-refractivity contribution is -0.126. The Kier molecular flexibility index (Phi) is 4.32. The van der Waals surface area contributed by atoms with Crippen LogP contribution in [0.3, 0.4) is 0 Å². The van der Waals surface area contributed by atoms with Crippen molar-refractivity contribution in [2.24, 2.45) is 0 Å². The number of carbonyl (C=O) groups is 1. The summed E-state index contributed by atoms with van der Waals surface area (Å²) in [4.78, 5) is 18.5. The van der Waals surface area contributed by atoms with Crippen LogP contribution in [0.25, 0.3) is 17.0 Å². The molecule has 25 heavy (non-hydrogen) atoms. The first-order valence-electron chi connectivity index (χ1n) is 8.60. The van der Waals surface area contributed by atoms with E-state index in [0.717, 1.165) is 41.2 Å². The summed E-state index contributed by atoms with van der Waals surface area (Å²) < 4.78 is 0. The maximum Gasteiger partial charge on any atom is 0.246 e. The molecule has 3 aromatic rings. The lowest BCUT2D eigenvalue weighted by atomic mass is 10.2. The van der Waals surface area contributed by atoms with Crippen molar-refractivity contribution in [3.05, 3.63) is 52.9 Å². The Morgan fingerprint density at radius 3 is 3.08 bits per heavy atom. The fourth-order valence-electron chi connectivity index (χ4n) is 3.31. The Morgan fingerprint density at radius 1 is 1.32 bits per heavy atom. The van der Waals surface area contributed by atoms with Crippen molar-refractivity contribution in [1.29, 1.82) is 0 Å². The minimum absolute atomic E-state index is 0.116. The summed E-state index contributed by atoms with van der Waals surface area (Å²) in [5, 5.41) is 6.68. The van der Waals surface area contributed by atoms with Gasteiger partial charge in [0, 0.05) is 57.4 Å². The third-order valence-corrected chi connectivity index (χ3v) is 5.59. The van der Waals surface area contributed by atoms with Crippen LogP contribution in [0.5, 0.6) is 0 Å². The predicted octanol–water partition coefficient (Wildman–Crippen LogP) is 5.00. The highest BCUT2D eigenvalue weighted by Crippen LogP contribution is 2.26. The highest BCUT2D eigenvalue weighted by molar-refractivity contribution is 7.11. The first-order chi connectivity index (χ1) is 12.2. The van der Waals surface area contributed by atoms with E-state index >= 15 is 0 Å². The van der Waals surface area contributed by atoms with Crippen molar-refractivity contribution in [1.82, 2.24) is 9.88 Å². The molecule has 0 bridgehead atoms. The van der Waals surface area contributed by atoms with Gasteiger partial charge in [-0.1, -0.05) is 0 Å². The van der Waals surface area contributed by atoms with E-state index in [2.05, 4.69) is 52.9 Å². The van der Waals surface area contributed by atoms with E-state index in [0.29, 0.717) is 6.04 Å². The molecule has 1 amide bonds. The van der Waals surface area contributed by atoms with Crippen molar-refractivity contribution in [3.63, 3.8) is 0 Å². The van der Waals surface area contributed by atoms with Gasteiger partial charge in [-0.15, -0.1) is 11.3 Å². The predicted molar refractivity (Wildman–Crippen MR) is 105 cm³/mol.